The normalized spacial score (nSPS) is 20.1. The predicted molar refractivity (Wildman–Crippen MR) is 54.1 cm³/mol. The summed E-state index contributed by atoms with van der Waals surface area (Å²) >= 11 is 2.64. The summed E-state index contributed by atoms with van der Waals surface area (Å²) in [6, 6.07) is 0. The Labute approximate surface area is 74.9 Å². The maximum absolute atomic E-state index is 11.4. The van der Waals surface area contributed by atoms with Gasteiger partial charge in [0, 0.05) is 0 Å². The molecule has 0 fully saturated rings. The standard InChI is InChI=1S/C6H14OS3/c1-5(8-3)10(7)6(2)9-4/h5-6H,1-4H3. The van der Waals surface area contributed by atoms with Crippen molar-refractivity contribution in [1.82, 2.24) is 0 Å². The lowest BCUT2D eigenvalue weighted by molar-refractivity contribution is 0.593. The van der Waals surface area contributed by atoms with Crippen molar-refractivity contribution in [2.75, 3.05) is 12.5 Å². The molecule has 0 aromatic heterocycles. The Bertz CT molecular complexity index is 79.1. The van der Waals surface area contributed by atoms with E-state index in [0.717, 1.165) is 0 Å². The van der Waals surface area contributed by atoms with Gasteiger partial charge in [0.05, 0.1) is 0 Å². The van der Waals surface area contributed by atoms with Gasteiger partial charge in [-0.2, -0.15) is 0 Å². The highest BCUT2D eigenvalue weighted by Gasteiger charge is 2.21. The molecule has 2 atom stereocenters. The quantitative estimate of drug-likeness (QED) is 0.647. The Morgan fingerprint density at radius 3 is 1.60 bits per heavy atom. The van der Waals surface area contributed by atoms with E-state index in [0.29, 0.717) is 0 Å². The fraction of sp³-hybridized carbons (Fsp3) is 1.00. The molecule has 0 aromatic rings. The second-order valence-electron chi connectivity index (χ2n) is 1.94. The molecular weight excluding hydrogens is 184 g/mol. The van der Waals surface area contributed by atoms with Gasteiger partial charge in [-0.25, -0.2) is 0 Å². The lowest BCUT2D eigenvalue weighted by atomic mass is 10.9. The molecule has 0 radical (unpaired) electrons. The van der Waals surface area contributed by atoms with Gasteiger partial charge in [-0.15, -0.1) is 23.5 Å². The van der Waals surface area contributed by atoms with Crippen LogP contribution in [0.25, 0.3) is 0 Å². The SMILES string of the molecule is CSC(C)[S+]([O-])C(C)SC. The number of hydrogen-bond acceptors (Lipinski definition) is 3. The summed E-state index contributed by atoms with van der Waals surface area (Å²) in [6.07, 6.45) is 3.99. The average Bonchev–Trinajstić information content (AvgIpc) is 2.00. The molecule has 0 aromatic carbocycles. The van der Waals surface area contributed by atoms with E-state index in [2.05, 4.69) is 0 Å². The molecule has 0 spiro atoms. The van der Waals surface area contributed by atoms with E-state index in [4.69, 9.17) is 0 Å². The molecule has 0 bridgehead atoms. The number of thioether (sulfide) groups is 2. The molecule has 4 heteroatoms. The zero-order valence-electron chi connectivity index (χ0n) is 6.79. The summed E-state index contributed by atoms with van der Waals surface area (Å²) in [5, 5.41) is 0. The monoisotopic (exact) mass is 198 g/mol. The van der Waals surface area contributed by atoms with Crippen LogP contribution in [0.1, 0.15) is 13.8 Å². The second-order valence-corrected chi connectivity index (χ2v) is 6.96. The van der Waals surface area contributed by atoms with Crippen LogP contribution < -0.4 is 0 Å². The summed E-state index contributed by atoms with van der Waals surface area (Å²) in [5.74, 6) is 0. The molecule has 0 amide bonds. The minimum Gasteiger partial charge on any atom is -0.615 e. The molecule has 0 N–H and O–H groups in total. The van der Waals surface area contributed by atoms with Crippen molar-refractivity contribution in [2.24, 2.45) is 0 Å². The fourth-order valence-corrected chi connectivity index (χ4v) is 3.73. The lowest BCUT2D eigenvalue weighted by Gasteiger charge is -2.20. The van der Waals surface area contributed by atoms with Gasteiger partial charge in [0.2, 0.25) is 0 Å². The topological polar surface area (TPSA) is 23.1 Å². The first-order valence-corrected chi connectivity index (χ1v) is 6.93. The van der Waals surface area contributed by atoms with Crippen LogP contribution in [0, 0.1) is 0 Å². The smallest absolute Gasteiger partial charge is 0.158 e. The largest absolute Gasteiger partial charge is 0.615 e. The Morgan fingerprint density at radius 2 is 1.40 bits per heavy atom. The highest BCUT2D eigenvalue weighted by Crippen LogP contribution is 2.23. The van der Waals surface area contributed by atoms with Gasteiger partial charge < -0.3 is 4.55 Å². The molecular formula is C6H14OS3. The van der Waals surface area contributed by atoms with Crippen LogP contribution >= 0.6 is 23.5 Å². The van der Waals surface area contributed by atoms with Crippen LogP contribution in [0.4, 0.5) is 0 Å². The molecule has 2 unspecified atom stereocenters. The van der Waals surface area contributed by atoms with Crippen molar-refractivity contribution in [3.05, 3.63) is 0 Å². The molecule has 62 valence electrons. The average molecular weight is 198 g/mol. The molecule has 10 heavy (non-hydrogen) atoms. The van der Waals surface area contributed by atoms with Crippen molar-refractivity contribution in [1.29, 1.82) is 0 Å². The molecule has 1 nitrogen and oxygen atoms in total. The predicted octanol–water partition coefficient (Wildman–Crippen LogP) is 2.15. The van der Waals surface area contributed by atoms with Crippen molar-refractivity contribution >= 4 is 34.7 Å². The number of hydrogen-bond donors (Lipinski definition) is 0. The van der Waals surface area contributed by atoms with E-state index in [9.17, 15) is 4.55 Å². The van der Waals surface area contributed by atoms with Crippen LogP contribution in [0.15, 0.2) is 0 Å². The first-order chi connectivity index (χ1) is 4.63. The van der Waals surface area contributed by atoms with E-state index in [1.807, 2.05) is 26.4 Å². The van der Waals surface area contributed by atoms with Crippen molar-refractivity contribution in [3.8, 4) is 0 Å². The van der Waals surface area contributed by atoms with Crippen LogP contribution in [-0.4, -0.2) is 26.2 Å². The highest BCUT2D eigenvalue weighted by molar-refractivity contribution is 8.20. The molecule has 0 saturated heterocycles. The van der Waals surface area contributed by atoms with E-state index >= 15 is 0 Å². The molecule has 0 aliphatic rings. The van der Waals surface area contributed by atoms with Gasteiger partial charge in [-0.3, -0.25) is 0 Å². The summed E-state index contributed by atoms with van der Waals surface area (Å²) < 4.78 is 11.9. The molecule has 0 saturated carbocycles. The lowest BCUT2D eigenvalue weighted by Crippen LogP contribution is -2.23. The zero-order chi connectivity index (χ0) is 8.15. The highest BCUT2D eigenvalue weighted by atomic mass is 32.3. The summed E-state index contributed by atoms with van der Waals surface area (Å²) in [7, 11) is 0. The molecule has 0 heterocycles. The summed E-state index contributed by atoms with van der Waals surface area (Å²) in [6.45, 7) is 4.01. The Kier molecular flexibility index (Phi) is 6.20. The van der Waals surface area contributed by atoms with Crippen LogP contribution in [0.2, 0.25) is 0 Å². The van der Waals surface area contributed by atoms with E-state index < -0.39 is 11.2 Å². The van der Waals surface area contributed by atoms with Crippen LogP contribution in [0.5, 0.6) is 0 Å². The zero-order valence-corrected chi connectivity index (χ0v) is 9.24. The maximum Gasteiger partial charge on any atom is 0.158 e. The second kappa shape index (κ2) is 5.63. The van der Waals surface area contributed by atoms with Crippen molar-refractivity contribution < 1.29 is 4.55 Å². The van der Waals surface area contributed by atoms with Gasteiger partial charge in [0.15, 0.2) is 9.16 Å². The third kappa shape index (κ3) is 3.42. The van der Waals surface area contributed by atoms with Crippen LogP contribution in [-0.2, 0) is 11.2 Å². The van der Waals surface area contributed by atoms with E-state index in [1.54, 1.807) is 23.5 Å². The van der Waals surface area contributed by atoms with Gasteiger partial charge in [0.1, 0.15) is 0 Å². The number of rotatable bonds is 4. The van der Waals surface area contributed by atoms with Gasteiger partial charge in [-0.1, -0.05) is 0 Å². The van der Waals surface area contributed by atoms with Crippen LogP contribution in [0.3, 0.4) is 0 Å². The maximum atomic E-state index is 11.4. The minimum atomic E-state index is -0.684. The summed E-state index contributed by atoms with van der Waals surface area (Å²) in [5.41, 5.74) is 0. The minimum absolute atomic E-state index is 0.266. The molecule has 0 rings (SSSR count). The molecule has 0 aliphatic heterocycles. The van der Waals surface area contributed by atoms with Crippen molar-refractivity contribution in [2.45, 2.75) is 23.0 Å². The van der Waals surface area contributed by atoms with Gasteiger partial charge in [0.25, 0.3) is 0 Å². The van der Waals surface area contributed by atoms with Gasteiger partial charge >= 0.3 is 0 Å². The third-order valence-electron chi connectivity index (χ3n) is 1.32. The van der Waals surface area contributed by atoms with E-state index in [-0.39, 0.29) is 9.16 Å². The first-order valence-electron chi connectivity index (χ1n) is 3.08. The Balaban J connectivity index is 3.69. The Morgan fingerprint density at radius 1 is 1.10 bits per heavy atom. The first kappa shape index (κ1) is 11.0. The third-order valence-corrected chi connectivity index (χ3v) is 6.25. The molecule has 0 aliphatic carbocycles. The van der Waals surface area contributed by atoms with E-state index in [1.165, 1.54) is 0 Å². The Hall–Kier alpha value is 1.01. The fourth-order valence-electron chi connectivity index (χ4n) is 0.460. The van der Waals surface area contributed by atoms with Gasteiger partial charge in [-0.05, 0) is 37.5 Å². The van der Waals surface area contributed by atoms with Crippen molar-refractivity contribution in [3.63, 3.8) is 0 Å². The summed E-state index contributed by atoms with van der Waals surface area (Å²) in [4.78, 5) is 0.